The van der Waals surface area contributed by atoms with Crippen molar-refractivity contribution in [3.05, 3.63) is 0 Å². The number of rotatable bonds is 2. The number of nitrogens with zero attached hydrogens (tertiary/aromatic N) is 1. The predicted octanol–water partition coefficient (Wildman–Crippen LogP) is 0.410. The molecule has 110 valence electrons. The van der Waals surface area contributed by atoms with Crippen LogP contribution in [0.1, 0.15) is 33.1 Å². The summed E-state index contributed by atoms with van der Waals surface area (Å²) in [7, 11) is -2.96. The lowest BCUT2D eigenvalue weighted by molar-refractivity contribution is -0.135. The zero-order valence-corrected chi connectivity index (χ0v) is 12.6. The maximum absolute atomic E-state index is 12.3. The summed E-state index contributed by atoms with van der Waals surface area (Å²) in [6.07, 6.45) is 2.40. The molecule has 0 aromatic heterocycles. The molecule has 0 aliphatic carbocycles. The van der Waals surface area contributed by atoms with E-state index in [1.165, 1.54) is 0 Å². The van der Waals surface area contributed by atoms with Gasteiger partial charge in [-0.3, -0.25) is 4.79 Å². The van der Waals surface area contributed by atoms with Gasteiger partial charge >= 0.3 is 0 Å². The van der Waals surface area contributed by atoms with Crippen LogP contribution in [0.15, 0.2) is 0 Å². The molecular formula is C13H24N2O3S. The van der Waals surface area contributed by atoms with Crippen LogP contribution in [-0.2, 0) is 14.6 Å². The fourth-order valence-electron chi connectivity index (χ4n) is 3.10. The summed E-state index contributed by atoms with van der Waals surface area (Å²) in [5.41, 5.74) is 0. The molecule has 2 aliphatic heterocycles. The van der Waals surface area contributed by atoms with Gasteiger partial charge in [0.2, 0.25) is 5.91 Å². The summed E-state index contributed by atoms with van der Waals surface area (Å²) in [5.74, 6) is 1.05. The number of piperidine rings is 1. The van der Waals surface area contributed by atoms with Gasteiger partial charge in [0, 0.05) is 31.6 Å². The Hall–Kier alpha value is -0.620. The van der Waals surface area contributed by atoms with Crippen LogP contribution in [0.4, 0.5) is 0 Å². The van der Waals surface area contributed by atoms with Crippen LogP contribution < -0.4 is 5.32 Å². The minimum absolute atomic E-state index is 0.0917. The summed E-state index contributed by atoms with van der Waals surface area (Å²) >= 11 is 0. The molecule has 2 fully saturated rings. The van der Waals surface area contributed by atoms with Crippen LogP contribution in [-0.4, -0.2) is 55.9 Å². The van der Waals surface area contributed by atoms with Crippen LogP contribution >= 0.6 is 0 Å². The highest BCUT2D eigenvalue weighted by atomic mass is 32.2. The van der Waals surface area contributed by atoms with Gasteiger partial charge in [-0.05, 0) is 25.7 Å². The number of carbonyl (C=O) groups is 1. The average Bonchev–Trinajstić information content (AvgIpc) is 2.27. The Bertz CT molecular complexity index is 435. The number of nitrogens with one attached hydrogen (secondary N) is 1. The zero-order chi connectivity index (χ0) is 14.0. The Labute approximate surface area is 115 Å². The molecule has 2 heterocycles. The number of hydrogen-bond donors (Lipinski definition) is 1. The quantitative estimate of drug-likeness (QED) is 0.799. The average molecular weight is 288 g/mol. The molecule has 0 aromatic carbocycles. The second kappa shape index (κ2) is 5.79. The minimum Gasteiger partial charge on any atom is -0.340 e. The Kier molecular flexibility index (Phi) is 4.50. The van der Waals surface area contributed by atoms with Crippen LogP contribution in [0.2, 0.25) is 0 Å². The summed E-state index contributed by atoms with van der Waals surface area (Å²) in [6.45, 7) is 5.57. The first-order valence-corrected chi connectivity index (χ1v) is 8.93. The van der Waals surface area contributed by atoms with Crippen molar-refractivity contribution in [3.63, 3.8) is 0 Å². The van der Waals surface area contributed by atoms with E-state index in [2.05, 4.69) is 19.2 Å². The summed E-state index contributed by atoms with van der Waals surface area (Å²) in [6, 6.07) is 0.0641. The topological polar surface area (TPSA) is 66.5 Å². The van der Waals surface area contributed by atoms with Crippen molar-refractivity contribution in [1.29, 1.82) is 0 Å². The molecule has 2 saturated heterocycles. The van der Waals surface area contributed by atoms with E-state index in [4.69, 9.17) is 0 Å². The second-order valence-electron chi connectivity index (χ2n) is 6.04. The lowest BCUT2D eigenvalue weighted by atomic mass is 9.93. The third-order valence-electron chi connectivity index (χ3n) is 4.18. The van der Waals surface area contributed by atoms with Gasteiger partial charge in [-0.15, -0.1) is 0 Å². The first kappa shape index (κ1) is 14.8. The van der Waals surface area contributed by atoms with Crippen molar-refractivity contribution in [1.82, 2.24) is 10.2 Å². The minimum atomic E-state index is -2.96. The number of likely N-dealkylation sites (tertiary alicyclic amines) is 1. The van der Waals surface area contributed by atoms with Gasteiger partial charge < -0.3 is 10.2 Å². The van der Waals surface area contributed by atoms with Gasteiger partial charge in [-0.1, -0.05) is 6.92 Å². The van der Waals surface area contributed by atoms with E-state index in [0.29, 0.717) is 18.9 Å². The maximum Gasteiger partial charge on any atom is 0.224 e. The Morgan fingerprint density at radius 2 is 2.11 bits per heavy atom. The smallest absolute Gasteiger partial charge is 0.224 e. The van der Waals surface area contributed by atoms with Crippen LogP contribution in [0, 0.1) is 5.92 Å². The molecule has 3 atom stereocenters. The lowest BCUT2D eigenvalue weighted by Gasteiger charge is -2.37. The number of carbonyl (C=O) groups excluding carboxylic acids is 1. The number of amides is 1. The number of sulfone groups is 1. The van der Waals surface area contributed by atoms with E-state index in [-0.39, 0.29) is 29.5 Å². The predicted molar refractivity (Wildman–Crippen MR) is 74.6 cm³/mol. The molecule has 3 unspecified atom stereocenters. The van der Waals surface area contributed by atoms with E-state index < -0.39 is 9.84 Å². The van der Waals surface area contributed by atoms with Crippen molar-refractivity contribution in [2.75, 3.05) is 24.6 Å². The van der Waals surface area contributed by atoms with E-state index >= 15 is 0 Å². The third kappa shape index (κ3) is 3.92. The molecule has 19 heavy (non-hydrogen) atoms. The van der Waals surface area contributed by atoms with Gasteiger partial charge in [-0.25, -0.2) is 8.42 Å². The molecule has 0 spiro atoms. The summed E-state index contributed by atoms with van der Waals surface area (Å²) < 4.78 is 23.1. The molecule has 2 rings (SSSR count). The molecule has 0 saturated carbocycles. The highest BCUT2D eigenvalue weighted by Gasteiger charge is 2.31. The van der Waals surface area contributed by atoms with Gasteiger partial charge in [-0.2, -0.15) is 0 Å². The van der Waals surface area contributed by atoms with Gasteiger partial charge in [0.1, 0.15) is 0 Å². The molecule has 0 bridgehead atoms. The standard InChI is InChI=1S/C13H24N2O3S/c1-10-3-5-15(11(2)7-10)13(16)8-12-9-19(17,18)6-4-14-12/h10-12,14H,3-9H2,1-2H3. The van der Waals surface area contributed by atoms with Crippen molar-refractivity contribution >= 4 is 15.7 Å². The molecule has 0 aromatic rings. The van der Waals surface area contributed by atoms with Crippen molar-refractivity contribution in [3.8, 4) is 0 Å². The fourth-order valence-corrected chi connectivity index (χ4v) is 4.55. The first-order valence-electron chi connectivity index (χ1n) is 7.10. The monoisotopic (exact) mass is 288 g/mol. The molecule has 0 radical (unpaired) electrons. The highest BCUT2D eigenvalue weighted by Crippen LogP contribution is 2.23. The largest absolute Gasteiger partial charge is 0.340 e. The zero-order valence-electron chi connectivity index (χ0n) is 11.8. The molecule has 1 N–H and O–H groups in total. The van der Waals surface area contributed by atoms with Crippen LogP contribution in [0.25, 0.3) is 0 Å². The van der Waals surface area contributed by atoms with Crippen molar-refractivity contribution in [2.45, 2.75) is 45.2 Å². The van der Waals surface area contributed by atoms with E-state index in [0.717, 1.165) is 19.4 Å². The SMILES string of the molecule is CC1CCN(C(=O)CC2CS(=O)(=O)CCN2)C(C)C1. The van der Waals surface area contributed by atoms with Gasteiger partial charge in [0.25, 0.3) is 0 Å². The maximum atomic E-state index is 12.3. The normalized spacial score (nSPS) is 35.1. The molecule has 5 nitrogen and oxygen atoms in total. The summed E-state index contributed by atoms with van der Waals surface area (Å²) in [5, 5.41) is 3.14. The molecule has 2 aliphatic rings. The van der Waals surface area contributed by atoms with Crippen molar-refractivity contribution in [2.24, 2.45) is 5.92 Å². The fraction of sp³-hybridized carbons (Fsp3) is 0.923. The van der Waals surface area contributed by atoms with Gasteiger partial charge in [0.15, 0.2) is 9.84 Å². The Morgan fingerprint density at radius 3 is 2.74 bits per heavy atom. The van der Waals surface area contributed by atoms with E-state index in [9.17, 15) is 13.2 Å². The second-order valence-corrected chi connectivity index (χ2v) is 8.26. The Morgan fingerprint density at radius 1 is 1.37 bits per heavy atom. The van der Waals surface area contributed by atoms with E-state index in [1.807, 2.05) is 4.90 Å². The van der Waals surface area contributed by atoms with E-state index in [1.54, 1.807) is 0 Å². The highest BCUT2D eigenvalue weighted by molar-refractivity contribution is 7.91. The van der Waals surface area contributed by atoms with Crippen LogP contribution in [0.5, 0.6) is 0 Å². The van der Waals surface area contributed by atoms with Crippen LogP contribution in [0.3, 0.4) is 0 Å². The molecule has 6 heteroatoms. The first-order chi connectivity index (χ1) is 8.87. The molecular weight excluding hydrogens is 264 g/mol. The number of hydrogen-bond acceptors (Lipinski definition) is 4. The van der Waals surface area contributed by atoms with Crippen molar-refractivity contribution < 1.29 is 13.2 Å². The Balaban J connectivity index is 1.90. The molecule has 1 amide bonds. The summed E-state index contributed by atoms with van der Waals surface area (Å²) in [4.78, 5) is 14.2. The van der Waals surface area contributed by atoms with Gasteiger partial charge in [0.05, 0.1) is 11.5 Å². The third-order valence-corrected chi connectivity index (χ3v) is 5.92. The lowest BCUT2D eigenvalue weighted by Crippen LogP contribution is -2.50.